The molecule has 168 valence electrons. The first-order valence-electron chi connectivity index (χ1n) is 10.4. The molecule has 8 nitrogen and oxygen atoms in total. The zero-order valence-electron chi connectivity index (χ0n) is 17.9. The Hall–Kier alpha value is -3.29. The molecule has 0 bridgehead atoms. The second-order valence-electron chi connectivity index (χ2n) is 7.46. The van der Waals surface area contributed by atoms with Crippen LogP contribution in [0.15, 0.2) is 58.6 Å². The fraction of sp³-hybridized carbons (Fsp3) is 0.261. The number of rotatable bonds is 9. The van der Waals surface area contributed by atoms with Crippen molar-refractivity contribution in [2.24, 2.45) is 0 Å². The van der Waals surface area contributed by atoms with Crippen LogP contribution in [0.25, 0.3) is 5.69 Å². The summed E-state index contributed by atoms with van der Waals surface area (Å²) in [5.41, 5.74) is 2.22. The molecule has 0 radical (unpaired) electrons. The van der Waals surface area contributed by atoms with Gasteiger partial charge in [0.1, 0.15) is 5.82 Å². The maximum Gasteiger partial charge on any atom is 0.234 e. The number of nitriles is 1. The SMILES string of the molecule is CC(=O)Nc1cccc(-n2c(SCC(=O)Nc3ccccc3SCC#N)nnc2C2CC2)c1. The van der Waals surface area contributed by atoms with Crippen LogP contribution >= 0.6 is 23.5 Å². The standard InChI is InChI=1S/C23H22N6O2S2/c1-15(30)25-17-5-4-6-18(13-17)29-22(16-9-10-16)27-28-23(29)33-14-21(31)26-19-7-2-3-8-20(19)32-12-11-24/h2-8,13,16H,9-10,12,14H2,1H3,(H,25,30)(H,26,31). The van der Waals surface area contributed by atoms with E-state index in [2.05, 4.69) is 26.9 Å². The summed E-state index contributed by atoms with van der Waals surface area (Å²) < 4.78 is 1.97. The van der Waals surface area contributed by atoms with Gasteiger partial charge in [0.05, 0.1) is 28.9 Å². The van der Waals surface area contributed by atoms with Crippen LogP contribution in [0.5, 0.6) is 0 Å². The third-order valence-corrected chi connectivity index (χ3v) is 6.68. The van der Waals surface area contributed by atoms with Crippen molar-refractivity contribution in [2.45, 2.75) is 35.7 Å². The van der Waals surface area contributed by atoms with E-state index >= 15 is 0 Å². The van der Waals surface area contributed by atoms with Crippen LogP contribution in [0.4, 0.5) is 11.4 Å². The summed E-state index contributed by atoms with van der Waals surface area (Å²) in [6.45, 7) is 1.47. The van der Waals surface area contributed by atoms with E-state index in [4.69, 9.17) is 5.26 Å². The molecule has 1 fully saturated rings. The molecule has 0 aliphatic heterocycles. The molecule has 4 rings (SSSR count). The topological polar surface area (TPSA) is 113 Å². The van der Waals surface area contributed by atoms with Crippen molar-refractivity contribution >= 4 is 46.7 Å². The minimum Gasteiger partial charge on any atom is -0.326 e. The quantitative estimate of drug-likeness (QED) is 0.437. The second kappa shape index (κ2) is 10.6. The fourth-order valence-corrected chi connectivity index (χ4v) is 4.70. The zero-order chi connectivity index (χ0) is 23.2. The predicted octanol–water partition coefficient (Wildman–Crippen LogP) is 4.45. The summed E-state index contributed by atoms with van der Waals surface area (Å²) in [6, 6.07) is 17.0. The molecule has 1 aliphatic rings. The summed E-state index contributed by atoms with van der Waals surface area (Å²) >= 11 is 2.69. The highest BCUT2D eigenvalue weighted by atomic mass is 32.2. The molecule has 0 unspecified atom stereocenters. The highest BCUT2D eigenvalue weighted by molar-refractivity contribution is 8.00. The summed E-state index contributed by atoms with van der Waals surface area (Å²) in [5.74, 6) is 1.39. The lowest BCUT2D eigenvalue weighted by atomic mass is 10.2. The van der Waals surface area contributed by atoms with Gasteiger partial charge in [-0.2, -0.15) is 5.26 Å². The van der Waals surface area contributed by atoms with Crippen LogP contribution in [-0.2, 0) is 9.59 Å². The molecule has 1 aromatic heterocycles. The Kier molecular flexibility index (Phi) is 7.32. The number of hydrogen-bond acceptors (Lipinski definition) is 7. The summed E-state index contributed by atoms with van der Waals surface area (Å²) in [7, 11) is 0. The first kappa shape index (κ1) is 22.9. The minimum absolute atomic E-state index is 0.141. The Labute approximate surface area is 200 Å². The molecule has 10 heteroatoms. The number of benzene rings is 2. The highest BCUT2D eigenvalue weighted by Gasteiger charge is 2.31. The van der Waals surface area contributed by atoms with Crippen molar-refractivity contribution in [3.05, 3.63) is 54.4 Å². The van der Waals surface area contributed by atoms with Crippen molar-refractivity contribution < 1.29 is 9.59 Å². The molecule has 2 N–H and O–H groups in total. The molecule has 0 saturated heterocycles. The van der Waals surface area contributed by atoms with E-state index in [1.165, 1.54) is 30.4 Å². The normalized spacial score (nSPS) is 12.7. The average molecular weight is 479 g/mol. The van der Waals surface area contributed by atoms with E-state index in [1.54, 1.807) is 0 Å². The van der Waals surface area contributed by atoms with Crippen molar-refractivity contribution in [3.8, 4) is 11.8 Å². The third-order valence-electron chi connectivity index (χ3n) is 4.81. The smallest absolute Gasteiger partial charge is 0.234 e. The predicted molar refractivity (Wildman–Crippen MR) is 130 cm³/mol. The van der Waals surface area contributed by atoms with E-state index in [-0.39, 0.29) is 17.6 Å². The molecule has 2 aromatic carbocycles. The monoisotopic (exact) mass is 478 g/mol. The van der Waals surface area contributed by atoms with E-state index in [0.717, 1.165) is 29.2 Å². The average Bonchev–Trinajstić information content (AvgIpc) is 3.56. The molecule has 2 amide bonds. The molecule has 1 aliphatic carbocycles. The molecule has 0 spiro atoms. The van der Waals surface area contributed by atoms with Gasteiger partial charge in [-0.05, 0) is 43.2 Å². The second-order valence-corrected chi connectivity index (χ2v) is 9.42. The molecule has 0 atom stereocenters. The summed E-state index contributed by atoms with van der Waals surface area (Å²) in [4.78, 5) is 25.0. The number of amides is 2. The Morgan fingerprint density at radius 1 is 1.12 bits per heavy atom. The molecule has 33 heavy (non-hydrogen) atoms. The van der Waals surface area contributed by atoms with Crippen LogP contribution in [-0.4, -0.2) is 38.1 Å². The fourth-order valence-electron chi connectivity index (χ4n) is 3.27. The number of thioether (sulfide) groups is 2. The third kappa shape index (κ3) is 5.94. The highest BCUT2D eigenvalue weighted by Crippen LogP contribution is 2.41. The maximum atomic E-state index is 12.7. The lowest BCUT2D eigenvalue weighted by Crippen LogP contribution is -2.15. The largest absolute Gasteiger partial charge is 0.326 e. The summed E-state index contributed by atoms with van der Waals surface area (Å²) in [5, 5.41) is 23.9. The molecule has 3 aromatic rings. The van der Waals surface area contributed by atoms with Crippen LogP contribution < -0.4 is 10.6 Å². The summed E-state index contributed by atoms with van der Waals surface area (Å²) in [6.07, 6.45) is 2.12. The molecule has 1 heterocycles. The zero-order valence-corrected chi connectivity index (χ0v) is 19.6. The van der Waals surface area contributed by atoms with Gasteiger partial charge in [-0.15, -0.1) is 22.0 Å². The van der Waals surface area contributed by atoms with Gasteiger partial charge in [-0.25, -0.2) is 0 Å². The lowest BCUT2D eigenvalue weighted by Gasteiger charge is -2.12. The molecule has 1 saturated carbocycles. The molecular weight excluding hydrogens is 456 g/mol. The Bertz CT molecular complexity index is 1220. The Morgan fingerprint density at radius 2 is 1.94 bits per heavy atom. The van der Waals surface area contributed by atoms with Gasteiger partial charge in [0.2, 0.25) is 11.8 Å². The van der Waals surface area contributed by atoms with Gasteiger partial charge < -0.3 is 10.6 Å². The van der Waals surface area contributed by atoms with E-state index in [1.807, 2.05) is 53.1 Å². The number of aromatic nitrogens is 3. The van der Waals surface area contributed by atoms with Gasteiger partial charge >= 0.3 is 0 Å². The number of carbonyl (C=O) groups excluding carboxylic acids is 2. The van der Waals surface area contributed by atoms with Crippen molar-refractivity contribution in [2.75, 3.05) is 22.1 Å². The number of para-hydroxylation sites is 1. The number of hydrogen-bond donors (Lipinski definition) is 2. The van der Waals surface area contributed by atoms with E-state index in [0.29, 0.717) is 28.2 Å². The first-order valence-corrected chi connectivity index (χ1v) is 12.4. The van der Waals surface area contributed by atoms with Crippen LogP contribution in [0, 0.1) is 11.3 Å². The van der Waals surface area contributed by atoms with Gasteiger partial charge in [-0.1, -0.05) is 30.0 Å². The maximum absolute atomic E-state index is 12.7. The van der Waals surface area contributed by atoms with Gasteiger partial charge in [-0.3, -0.25) is 14.2 Å². The lowest BCUT2D eigenvalue weighted by molar-refractivity contribution is -0.114. The van der Waals surface area contributed by atoms with Gasteiger partial charge in [0, 0.05) is 23.4 Å². The van der Waals surface area contributed by atoms with Crippen LogP contribution in [0.1, 0.15) is 31.5 Å². The number of carbonyl (C=O) groups is 2. The van der Waals surface area contributed by atoms with Gasteiger partial charge in [0.15, 0.2) is 5.16 Å². The Morgan fingerprint density at radius 3 is 2.70 bits per heavy atom. The van der Waals surface area contributed by atoms with Crippen molar-refractivity contribution in [1.29, 1.82) is 5.26 Å². The van der Waals surface area contributed by atoms with Crippen molar-refractivity contribution in [3.63, 3.8) is 0 Å². The van der Waals surface area contributed by atoms with E-state index < -0.39 is 0 Å². The van der Waals surface area contributed by atoms with Crippen molar-refractivity contribution in [1.82, 2.24) is 14.8 Å². The number of nitrogens with one attached hydrogen (secondary N) is 2. The minimum atomic E-state index is -0.167. The van der Waals surface area contributed by atoms with Crippen LogP contribution in [0.3, 0.4) is 0 Å². The van der Waals surface area contributed by atoms with Gasteiger partial charge in [0.25, 0.3) is 0 Å². The molecular formula is C23H22N6O2S2. The number of anilines is 2. The van der Waals surface area contributed by atoms with Crippen LogP contribution in [0.2, 0.25) is 0 Å². The first-order chi connectivity index (χ1) is 16.0. The van der Waals surface area contributed by atoms with E-state index in [9.17, 15) is 9.59 Å². The Balaban J connectivity index is 1.50. The number of nitrogens with zero attached hydrogens (tertiary/aromatic N) is 4.